The Hall–Kier alpha value is -1.45. The molecule has 1 aromatic heterocycles. The molecule has 2 rings (SSSR count). The van der Waals surface area contributed by atoms with E-state index in [1.165, 1.54) is 0 Å². The van der Waals surface area contributed by atoms with E-state index in [0.29, 0.717) is 12.5 Å². The van der Waals surface area contributed by atoms with Crippen LogP contribution in [0.1, 0.15) is 31.2 Å². The van der Waals surface area contributed by atoms with E-state index in [9.17, 15) is 5.11 Å². The van der Waals surface area contributed by atoms with Crippen LogP contribution in [-0.2, 0) is 0 Å². The predicted octanol–water partition coefficient (Wildman–Crippen LogP) is 2.81. The van der Waals surface area contributed by atoms with Crippen molar-refractivity contribution in [3.05, 3.63) is 41.6 Å². The van der Waals surface area contributed by atoms with Gasteiger partial charge in [-0.2, -0.15) is 0 Å². The molecule has 102 valence electrons. The van der Waals surface area contributed by atoms with E-state index in [4.69, 9.17) is 5.73 Å². The molecule has 0 aliphatic heterocycles. The summed E-state index contributed by atoms with van der Waals surface area (Å²) in [5.41, 5.74) is 8.66. The second-order valence-electron chi connectivity index (χ2n) is 5.49. The number of rotatable bonds is 4. The number of benzene rings is 1. The van der Waals surface area contributed by atoms with Crippen LogP contribution in [0, 0.1) is 18.8 Å². The van der Waals surface area contributed by atoms with Crippen molar-refractivity contribution in [1.82, 2.24) is 4.98 Å². The number of aliphatic hydroxyl groups is 1. The van der Waals surface area contributed by atoms with E-state index in [0.717, 1.165) is 22.2 Å². The summed E-state index contributed by atoms with van der Waals surface area (Å²) in [5, 5.41) is 11.5. The Balaban J connectivity index is 2.37. The quantitative estimate of drug-likeness (QED) is 0.886. The summed E-state index contributed by atoms with van der Waals surface area (Å²) >= 11 is 0. The molecule has 3 N–H and O–H groups in total. The molecule has 0 radical (unpaired) electrons. The van der Waals surface area contributed by atoms with E-state index in [1.54, 1.807) is 0 Å². The van der Waals surface area contributed by atoms with Gasteiger partial charge < -0.3 is 10.8 Å². The van der Waals surface area contributed by atoms with Crippen LogP contribution in [0.3, 0.4) is 0 Å². The lowest BCUT2D eigenvalue weighted by molar-refractivity contribution is 0.0862. The minimum atomic E-state index is -0.518. The maximum atomic E-state index is 10.5. The third-order valence-corrected chi connectivity index (χ3v) is 3.73. The van der Waals surface area contributed by atoms with Crippen LogP contribution in [0.25, 0.3) is 10.9 Å². The van der Waals surface area contributed by atoms with Gasteiger partial charge in [-0.1, -0.05) is 26.0 Å². The van der Waals surface area contributed by atoms with Gasteiger partial charge in [-0.3, -0.25) is 4.98 Å². The van der Waals surface area contributed by atoms with Gasteiger partial charge in [-0.25, -0.2) is 0 Å². The lowest BCUT2D eigenvalue weighted by atomic mass is 9.86. The number of aliphatic hydroxyl groups excluding tert-OH is 1. The summed E-state index contributed by atoms with van der Waals surface area (Å²) in [6, 6.07) is 9.96. The summed E-state index contributed by atoms with van der Waals surface area (Å²) in [7, 11) is 0. The summed E-state index contributed by atoms with van der Waals surface area (Å²) in [6.45, 7) is 6.65. The molecule has 0 bridgehead atoms. The van der Waals surface area contributed by atoms with Crippen molar-refractivity contribution < 1.29 is 5.11 Å². The first-order valence-electron chi connectivity index (χ1n) is 6.78. The van der Waals surface area contributed by atoms with Crippen LogP contribution in [0.5, 0.6) is 0 Å². The molecular weight excluding hydrogens is 236 g/mol. The molecule has 0 saturated heterocycles. The Morgan fingerprint density at radius 1 is 1.21 bits per heavy atom. The molecule has 0 aliphatic rings. The second-order valence-corrected chi connectivity index (χ2v) is 5.49. The molecule has 0 spiro atoms. The van der Waals surface area contributed by atoms with E-state index in [2.05, 4.69) is 18.8 Å². The van der Waals surface area contributed by atoms with E-state index in [1.807, 2.05) is 37.3 Å². The van der Waals surface area contributed by atoms with Gasteiger partial charge in [-0.05, 0) is 43.1 Å². The van der Waals surface area contributed by atoms with Crippen molar-refractivity contribution in [1.29, 1.82) is 0 Å². The van der Waals surface area contributed by atoms with Gasteiger partial charge in [0.1, 0.15) is 0 Å². The number of nitrogens with zero attached hydrogens (tertiary/aromatic N) is 1. The highest BCUT2D eigenvalue weighted by molar-refractivity contribution is 5.79. The van der Waals surface area contributed by atoms with Crippen LogP contribution in [0.4, 0.5) is 0 Å². The van der Waals surface area contributed by atoms with Crippen LogP contribution in [0.2, 0.25) is 0 Å². The minimum absolute atomic E-state index is 0.0795. The van der Waals surface area contributed by atoms with Crippen molar-refractivity contribution in [2.75, 3.05) is 6.54 Å². The Kier molecular flexibility index (Phi) is 4.17. The molecule has 0 amide bonds. The van der Waals surface area contributed by atoms with Crippen molar-refractivity contribution in [3.63, 3.8) is 0 Å². The topological polar surface area (TPSA) is 59.1 Å². The first kappa shape index (κ1) is 14.0. The summed E-state index contributed by atoms with van der Waals surface area (Å²) in [6.07, 6.45) is -0.518. The zero-order valence-corrected chi connectivity index (χ0v) is 11.8. The molecule has 0 aliphatic carbocycles. The van der Waals surface area contributed by atoms with Gasteiger partial charge in [0.2, 0.25) is 0 Å². The molecular formula is C16H22N2O. The fraction of sp³-hybridized carbons (Fsp3) is 0.438. The molecule has 19 heavy (non-hydrogen) atoms. The fourth-order valence-electron chi connectivity index (χ4n) is 2.44. The van der Waals surface area contributed by atoms with E-state index in [-0.39, 0.29) is 5.92 Å². The van der Waals surface area contributed by atoms with Gasteiger partial charge in [0.25, 0.3) is 0 Å². The Bertz CT molecular complexity index is 566. The third-order valence-electron chi connectivity index (χ3n) is 3.73. The maximum Gasteiger partial charge on any atom is 0.0832 e. The molecule has 1 heterocycles. The molecule has 0 fully saturated rings. The Morgan fingerprint density at radius 3 is 2.58 bits per heavy atom. The molecule has 0 saturated carbocycles. The zero-order chi connectivity index (χ0) is 14.0. The number of hydrogen-bond donors (Lipinski definition) is 2. The van der Waals surface area contributed by atoms with Crippen LogP contribution < -0.4 is 5.73 Å². The first-order chi connectivity index (χ1) is 9.02. The molecule has 2 unspecified atom stereocenters. The van der Waals surface area contributed by atoms with Crippen LogP contribution in [-0.4, -0.2) is 16.6 Å². The summed E-state index contributed by atoms with van der Waals surface area (Å²) < 4.78 is 0. The molecule has 3 nitrogen and oxygen atoms in total. The average molecular weight is 258 g/mol. The third kappa shape index (κ3) is 2.94. The van der Waals surface area contributed by atoms with Crippen LogP contribution in [0.15, 0.2) is 30.3 Å². The second kappa shape index (κ2) is 5.68. The number of nitrogens with two attached hydrogens (primary N) is 1. The number of hydrogen-bond acceptors (Lipinski definition) is 3. The van der Waals surface area contributed by atoms with Crippen molar-refractivity contribution in [2.24, 2.45) is 17.6 Å². The lowest BCUT2D eigenvalue weighted by Crippen LogP contribution is -2.26. The average Bonchev–Trinajstić information content (AvgIpc) is 2.38. The number of aromatic nitrogens is 1. The van der Waals surface area contributed by atoms with Crippen molar-refractivity contribution >= 4 is 10.9 Å². The van der Waals surface area contributed by atoms with Crippen molar-refractivity contribution in [2.45, 2.75) is 26.9 Å². The summed E-state index contributed by atoms with van der Waals surface area (Å²) in [5.74, 6) is 0.433. The lowest BCUT2D eigenvalue weighted by Gasteiger charge is -2.25. The van der Waals surface area contributed by atoms with Crippen LogP contribution >= 0.6 is 0 Å². The predicted molar refractivity (Wildman–Crippen MR) is 78.8 cm³/mol. The summed E-state index contributed by atoms with van der Waals surface area (Å²) in [4.78, 5) is 4.47. The van der Waals surface area contributed by atoms with Gasteiger partial charge in [0.05, 0.1) is 11.6 Å². The van der Waals surface area contributed by atoms with Gasteiger partial charge in [0, 0.05) is 17.0 Å². The van der Waals surface area contributed by atoms with E-state index < -0.39 is 6.10 Å². The number of aryl methyl sites for hydroxylation is 1. The van der Waals surface area contributed by atoms with E-state index >= 15 is 0 Å². The normalized spacial score (nSPS) is 14.8. The molecule has 3 heteroatoms. The highest BCUT2D eigenvalue weighted by atomic mass is 16.3. The Labute approximate surface area is 114 Å². The Morgan fingerprint density at radius 2 is 1.95 bits per heavy atom. The largest absolute Gasteiger partial charge is 0.388 e. The first-order valence-corrected chi connectivity index (χ1v) is 6.78. The maximum absolute atomic E-state index is 10.5. The van der Waals surface area contributed by atoms with Gasteiger partial charge in [0.15, 0.2) is 0 Å². The zero-order valence-electron chi connectivity index (χ0n) is 11.8. The SMILES string of the molecule is Cc1ccc2cc(C(O)C(CN)C(C)C)ccc2n1. The number of pyridine rings is 1. The molecule has 2 atom stereocenters. The highest BCUT2D eigenvalue weighted by Crippen LogP contribution is 2.29. The number of fused-ring (bicyclic) bond motifs is 1. The molecule has 1 aromatic carbocycles. The van der Waals surface area contributed by atoms with Crippen molar-refractivity contribution in [3.8, 4) is 0 Å². The van der Waals surface area contributed by atoms with Gasteiger partial charge in [-0.15, -0.1) is 0 Å². The van der Waals surface area contributed by atoms with Gasteiger partial charge >= 0.3 is 0 Å². The molecule has 2 aromatic rings. The smallest absolute Gasteiger partial charge is 0.0832 e. The highest BCUT2D eigenvalue weighted by Gasteiger charge is 2.22. The minimum Gasteiger partial charge on any atom is -0.388 e. The monoisotopic (exact) mass is 258 g/mol. The standard InChI is InChI=1S/C16H22N2O/c1-10(2)14(9-17)16(19)13-6-7-15-12(8-13)5-4-11(3)18-15/h4-8,10,14,16,19H,9,17H2,1-3H3. The fourth-order valence-corrected chi connectivity index (χ4v) is 2.44.